The molecular formula is C23H23BrN4O2S. The first-order chi connectivity index (χ1) is 15.1. The molecule has 4 rings (SSSR count). The maximum Gasteiger partial charge on any atom is 0.262 e. The highest BCUT2D eigenvalue weighted by Crippen LogP contribution is 2.24. The van der Waals surface area contributed by atoms with Crippen LogP contribution in [0.5, 0.6) is 0 Å². The van der Waals surface area contributed by atoms with Crippen LogP contribution in [-0.4, -0.2) is 19.7 Å². The van der Waals surface area contributed by atoms with E-state index in [1.807, 2.05) is 48.5 Å². The fourth-order valence-corrected chi connectivity index (χ4v) is 4.54. The minimum absolute atomic E-state index is 0.0137. The number of halogens is 1. The topological polar surface area (TPSA) is 73.8 Å². The van der Waals surface area contributed by atoms with Gasteiger partial charge in [0.05, 0.1) is 23.1 Å². The SMILES string of the molecule is CCCCCn1c(SCc2nnc(Cc3ccccc3)o2)nc2ccc(Br)cc2c1=O. The molecule has 0 bridgehead atoms. The summed E-state index contributed by atoms with van der Waals surface area (Å²) in [5.74, 6) is 1.57. The lowest BCUT2D eigenvalue weighted by Gasteiger charge is -2.12. The number of rotatable bonds is 9. The van der Waals surface area contributed by atoms with Crippen molar-refractivity contribution in [2.24, 2.45) is 0 Å². The number of nitrogens with zero attached hydrogens (tertiary/aromatic N) is 4. The average Bonchev–Trinajstić information content (AvgIpc) is 3.22. The molecule has 0 aliphatic carbocycles. The smallest absolute Gasteiger partial charge is 0.262 e. The fourth-order valence-electron chi connectivity index (χ4n) is 3.31. The van der Waals surface area contributed by atoms with E-state index >= 15 is 0 Å². The van der Waals surface area contributed by atoms with Crippen LogP contribution in [0.3, 0.4) is 0 Å². The van der Waals surface area contributed by atoms with Crippen LogP contribution in [0, 0.1) is 0 Å². The van der Waals surface area contributed by atoms with Gasteiger partial charge < -0.3 is 4.42 Å². The summed E-state index contributed by atoms with van der Waals surface area (Å²) in [5.41, 5.74) is 1.80. The molecule has 31 heavy (non-hydrogen) atoms. The summed E-state index contributed by atoms with van der Waals surface area (Å²) in [4.78, 5) is 17.9. The molecule has 160 valence electrons. The Morgan fingerprint density at radius 2 is 1.87 bits per heavy atom. The molecule has 4 aromatic rings. The molecule has 0 fully saturated rings. The highest BCUT2D eigenvalue weighted by Gasteiger charge is 2.14. The quantitative estimate of drug-likeness (QED) is 0.169. The third-order valence-electron chi connectivity index (χ3n) is 4.90. The van der Waals surface area contributed by atoms with Crippen LogP contribution in [-0.2, 0) is 18.7 Å². The van der Waals surface area contributed by atoms with Gasteiger partial charge in [-0.15, -0.1) is 10.2 Å². The summed E-state index contributed by atoms with van der Waals surface area (Å²) in [6, 6.07) is 15.6. The van der Waals surface area contributed by atoms with Gasteiger partial charge in [0.25, 0.3) is 5.56 Å². The molecule has 2 heterocycles. The Kier molecular flexibility index (Phi) is 7.19. The number of thioether (sulfide) groups is 1. The second-order valence-corrected chi connectivity index (χ2v) is 9.12. The first-order valence-electron chi connectivity index (χ1n) is 10.3. The molecule has 0 N–H and O–H groups in total. The zero-order valence-corrected chi connectivity index (χ0v) is 19.7. The maximum atomic E-state index is 13.2. The minimum atomic E-state index is -0.0137. The van der Waals surface area contributed by atoms with Gasteiger partial charge in [-0.25, -0.2) is 4.98 Å². The third kappa shape index (κ3) is 5.43. The molecule has 2 aromatic heterocycles. The van der Waals surface area contributed by atoms with E-state index in [0.29, 0.717) is 46.6 Å². The molecule has 0 atom stereocenters. The van der Waals surface area contributed by atoms with Crippen molar-refractivity contribution in [3.63, 3.8) is 0 Å². The van der Waals surface area contributed by atoms with Gasteiger partial charge in [0.15, 0.2) is 5.16 Å². The predicted octanol–water partition coefficient (Wildman–Crippen LogP) is 5.62. The Bertz CT molecular complexity index is 1220. The Morgan fingerprint density at radius 3 is 2.68 bits per heavy atom. The normalized spacial score (nSPS) is 11.3. The van der Waals surface area contributed by atoms with E-state index in [-0.39, 0.29) is 5.56 Å². The van der Waals surface area contributed by atoms with Crippen molar-refractivity contribution in [1.29, 1.82) is 0 Å². The Balaban J connectivity index is 1.55. The van der Waals surface area contributed by atoms with Gasteiger partial charge in [0.1, 0.15) is 0 Å². The van der Waals surface area contributed by atoms with Gasteiger partial charge in [0.2, 0.25) is 11.8 Å². The number of hydrogen-bond acceptors (Lipinski definition) is 6. The second kappa shape index (κ2) is 10.2. The van der Waals surface area contributed by atoms with Crippen LogP contribution >= 0.6 is 27.7 Å². The summed E-state index contributed by atoms with van der Waals surface area (Å²) in [6.45, 7) is 2.80. The lowest BCUT2D eigenvalue weighted by atomic mass is 10.2. The van der Waals surface area contributed by atoms with E-state index in [0.717, 1.165) is 29.3 Å². The van der Waals surface area contributed by atoms with Crippen LogP contribution in [0.2, 0.25) is 0 Å². The molecule has 0 spiro atoms. The monoisotopic (exact) mass is 498 g/mol. The van der Waals surface area contributed by atoms with E-state index in [1.165, 1.54) is 11.8 Å². The first kappa shape index (κ1) is 21.8. The highest BCUT2D eigenvalue weighted by atomic mass is 79.9. The molecule has 0 aliphatic heterocycles. The number of fused-ring (bicyclic) bond motifs is 1. The van der Waals surface area contributed by atoms with Crippen LogP contribution < -0.4 is 5.56 Å². The fraction of sp³-hybridized carbons (Fsp3) is 0.304. The van der Waals surface area contributed by atoms with Crippen molar-refractivity contribution >= 4 is 38.6 Å². The van der Waals surface area contributed by atoms with Crippen molar-refractivity contribution in [3.05, 3.63) is 80.7 Å². The Hall–Kier alpha value is -2.45. The molecule has 8 heteroatoms. The van der Waals surface area contributed by atoms with Gasteiger partial charge in [-0.2, -0.15) is 0 Å². The van der Waals surface area contributed by atoms with Crippen LogP contribution in [0.1, 0.15) is 43.5 Å². The van der Waals surface area contributed by atoms with Gasteiger partial charge in [0, 0.05) is 11.0 Å². The Labute approximate surface area is 193 Å². The lowest BCUT2D eigenvalue weighted by molar-refractivity contribution is 0.473. The van der Waals surface area contributed by atoms with Gasteiger partial charge in [-0.3, -0.25) is 9.36 Å². The summed E-state index contributed by atoms with van der Waals surface area (Å²) in [6.07, 6.45) is 3.70. The zero-order valence-electron chi connectivity index (χ0n) is 17.3. The Morgan fingerprint density at radius 1 is 1.06 bits per heavy atom. The molecular weight excluding hydrogens is 476 g/mol. The minimum Gasteiger partial charge on any atom is -0.424 e. The predicted molar refractivity (Wildman–Crippen MR) is 126 cm³/mol. The van der Waals surface area contributed by atoms with E-state index in [2.05, 4.69) is 33.1 Å². The third-order valence-corrected chi connectivity index (χ3v) is 6.35. The first-order valence-corrected chi connectivity index (χ1v) is 12.1. The molecule has 0 unspecified atom stereocenters. The number of unbranched alkanes of at least 4 members (excludes halogenated alkanes) is 2. The van der Waals surface area contributed by atoms with Crippen molar-refractivity contribution in [3.8, 4) is 0 Å². The molecule has 0 radical (unpaired) electrons. The average molecular weight is 499 g/mol. The molecule has 0 aliphatic rings. The summed E-state index contributed by atoms with van der Waals surface area (Å²) >= 11 is 4.91. The van der Waals surface area contributed by atoms with E-state index in [1.54, 1.807) is 4.57 Å². The molecule has 2 aromatic carbocycles. The standard InChI is InChI=1S/C23H23BrN4O2S/c1-2-3-7-12-28-22(29)18-14-17(24)10-11-19(18)25-23(28)31-15-21-27-26-20(30-21)13-16-8-5-4-6-9-16/h4-6,8-11,14H,2-3,7,12-13,15H2,1H3. The summed E-state index contributed by atoms with van der Waals surface area (Å²) in [7, 11) is 0. The van der Waals surface area contributed by atoms with E-state index < -0.39 is 0 Å². The molecule has 0 saturated heterocycles. The zero-order chi connectivity index (χ0) is 21.6. The molecule has 0 saturated carbocycles. The van der Waals surface area contributed by atoms with Crippen molar-refractivity contribution in [2.45, 2.75) is 50.1 Å². The van der Waals surface area contributed by atoms with Crippen molar-refractivity contribution in [2.75, 3.05) is 0 Å². The number of benzene rings is 2. The van der Waals surface area contributed by atoms with Gasteiger partial charge in [-0.1, -0.05) is 77.8 Å². The largest absolute Gasteiger partial charge is 0.424 e. The van der Waals surface area contributed by atoms with Crippen LogP contribution in [0.25, 0.3) is 10.9 Å². The second-order valence-electron chi connectivity index (χ2n) is 7.26. The summed E-state index contributed by atoms with van der Waals surface area (Å²) in [5, 5.41) is 9.63. The highest BCUT2D eigenvalue weighted by molar-refractivity contribution is 9.10. The van der Waals surface area contributed by atoms with Gasteiger partial charge >= 0.3 is 0 Å². The molecule has 0 amide bonds. The summed E-state index contributed by atoms with van der Waals surface area (Å²) < 4.78 is 8.46. The van der Waals surface area contributed by atoms with E-state index in [4.69, 9.17) is 9.40 Å². The maximum absolute atomic E-state index is 13.2. The van der Waals surface area contributed by atoms with Crippen LogP contribution in [0.4, 0.5) is 0 Å². The van der Waals surface area contributed by atoms with Crippen LogP contribution in [0.15, 0.2) is 67.4 Å². The number of hydrogen-bond donors (Lipinski definition) is 0. The van der Waals surface area contributed by atoms with Crippen molar-refractivity contribution in [1.82, 2.24) is 19.7 Å². The van der Waals surface area contributed by atoms with E-state index in [9.17, 15) is 4.79 Å². The molecule has 6 nitrogen and oxygen atoms in total. The number of aromatic nitrogens is 4. The van der Waals surface area contributed by atoms with Gasteiger partial charge in [-0.05, 0) is 30.2 Å². The van der Waals surface area contributed by atoms with Crippen molar-refractivity contribution < 1.29 is 4.42 Å². The lowest BCUT2D eigenvalue weighted by Crippen LogP contribution is -2.23.